The molecule has 0 saturated carbocycles. The topological polar surface area (TPSA) is 86.8 Å². The molecule has 8 nitrogen and oxygen atoms in total. The van der Waals surface area contributed by atoms with Crippen molar-refractivity contribution in [3.8, 4) is 11.5 Å². The van der Waals surface area contributed by atoms with Gasteiger partial charge in [-0.3, -0.25) is 10.00 Å². The highest BCUT2D eigenvalue weighted by atomic mass is 16.5. The quantitative estimate of drug-likeness (QED) is 0.279. The van der Waals surface area contributed by atoms with Gasteiger partial charge in [0.2, 0.25) is 0 Å². The molecule has 1 aliphatic heterocycles. The van der Waals surface area contributed by atoms with Crippen LogP contribution in [0.5, 0.6) is 0 Å². The monoisotopic (exact) mass is 450 g/mol. The fourth-order valence-corrected chi connectivity index (χ4v) is 4.00. The molecule has 4 rings (SSSR count). The van der Waals surface area contributed by atoms with Crippen molar-refractivity contribution in [1.82, 2.24) is 20.0 Å². The molecule has 1 aromatic carbocycles. The van der Waals surface area contributed by atoms with E-state index in [1.54, 1.807) is 12.5 Å². The van der Waals surface area contributed by atoms with Gasteiger partial charge in [0, 0.05) is 62.4 Å². The van der Waals surface area contributed by atoms with Crippen LogP contribution in [0.2, 0.25) is 0 Å². The van der Waals surface area contributed by atoms with Gasteiger partial charge in [-0.1, -0.05) is 12.2 Å². The number of aromatic nitrogens is 2. The molecule has 0 spiro atoms. The van der Waals surface area contributed by atoms with Crippen molar-refractivity contribution in [1.29, 1.82) is 0 Å². The molecule has 0 unspecified atom stereocenters. The number of hydrogen-bond donors (Lipinski definition) is 2. The summed E-state index contributed by atoms with van der Waals surface area (Å²) in [6.07, 6.45) is 7.63. The van der Waals surface area contributed by atoms with Crippen LogP contribution >= 0.6 is 0 Å². The van der Waals surface area contributed by atoms with E-state index in [1.165, 1.54) is 11.3 Å². The zero-order valence-corrected chi connectivity index (χ0v) is 19.5. The molecule has 2 aromatic heterocycles. The largest absolute Gasteiger partial charge is 0.462 e. The molecule has 0 atom stereocenters. The van der Waals surface area contributed by atoms with Crippen LogP contribution in [0.4, 0.5) is 11.4 Å². The summed E-state index contributed by atoms with van der Waals surface area (Å²) in [7, 11) is 4.31. The third-order valence-electron chi connectivity index (χ3n) is 5.87. The van der Waals surface area contributed by atoms with E-state index in [0.29, 0.717) is 13.2 Å². The summed E-state index contributed by atoms with van der Waals surface area (Å²) in [4.78, 5) is 7.13. The maximum absolute atomic E-state index is 6.10. The first-order valence-corrected chi connectivity index (χ1v) is 11.4. The summed E-state index contributed by atoms with van der Waals surface area (Å²) < 4.78 is 11.3. The number of nitrogens with one attached hydrogen (secondary N) is 1. The van der Waals surface area contributed by atoms with Crippen LogP contribution in [-0.4, -0.2) is 73.4 Å². The van der Waals surface area contributed by atoms with Gasteiger partial charge in [0.1, 0.15) is 5.69 Å². The van der Waals surface area contributed by atoms with Gasteiger partial charge in [-0.2, -0.15) is 5.10 Å². The minimum Gasteiger partial charge on any atom is -0.462 e. The lowest BCUT2D eigenvalue weighted by Gasteiger charge is -2.35. The molecule has 3 aromatic rings. The molecule has 0 amide bonds. The molecule has 3 N–H and O–H groups in total. The Kier molecular flexibility index (Phi) is 7.83. The summed E-state index contributed by atoms with van der Waals surface area (Å²) in [5, 5.41) is 6.83. The summed E-state index contributed by atoms with van der Waals surface area (Å²) in [6.45, 7) is 7.04. The Morgan fingerprint density at radius 1 is 1.18 bits per heavy atom. The zero-order valence-electron chi connectivity index (χ0n) is 19.5. The van der Waals surface area contributed by atoms with Gasteiger partial charge >= 0.3 is 0 Å². The summed E-state index contributed by atoms with van der Waals surface area (Å²) in [6, 6.07) is 10.1. The SMILES string of the molecule is CN1CCN(c2ccc(N)cc2CN(C)C/C=C/COCc2coc(-c3ccn[nH]3)c2)CC1. The number of piperazine rings is 1. The van der Waals surface area contributed by atoms with Gasteiger partial charge in [0.25, 0.3) is 0 Å². The predicted octanol–water partition coefficient (Wildman–Crippen LogP) is 3.21. The van der Waals surface area contributed by atoms with E-state index in [1.807, 2.05) is 18.2 Å². The highest BCUT2D eigenvalue weighted by Crippen LogP contribution is 2.25. The summed E-state index contributed by atoms with van der Waals surface area (Å²) >= 11 is 0. The molecule has 3 heterocycles. The van der Waals surface area contributed by atoms with Crippen LogP contribution in [0, 0.1) is 0 Å². The Labute approximate surface area is 195 Å². The Morgan fingerprint density at radius 3 is 2.82 bits per heavy atom. The number of likely N-dealkylation sites (N-methyl/N-ethyl adjacent to an activating group) is 2. The lowest BCUT2D eigenvalue weighted by atomic mass is 10.1. The van der Waals surface area contributed by atoms with Crippen LogP contribution in [-0.2, 0) is 17.9 Å². The second-order valence-electron chi connectivity index (χ2n) is 8.65. The third-order valence-corrected chi connectivity index (χ3v) is 5.87. The molecular weight excluding hydrogens is 416 g/mol. The molecule has 33 heavy (non-hydrogen) atoms. The number of benzene rings is 1. The first-order valence-electron chi connectivity index (χ1n) is 11.4. The van der Waals surface area contributed by atoms with Crippen molar-refractivity contribution < 1.29 is 9.15 Å². The van der Waals surface area contributed by atoms with Crippen molar-refractivity contribution in [2.75, 3.05) is 64.1 Å². The number of furan rings is 1. The van der Waals surface area contributed by atoms with Gasteiger partial charge in [0.05, 0.1) is 19.5 Å². The summed E-state index contributed by atoms with van der Waals surface area (Å²) in [5.74, 6) is 0.765. The molecule has 1 saturated heterocycles. The van der Waals surface area contributed by atoms with Crippen molar-refractivity contribution in [3.63, 3.8) is 0 Å². The maximum Gasteiger partial charge on any atom is 0.152 e. The minimum absolute atomic E-state index is 0.509. The van der Waals surface area contributed by atoms with Crippen LogP contribution in [0.3, 0.4) is 0 Å². The van der Waals surface area contributed by atoms with Crippen LogP contribution in [0.25, 0.3) is 11.5 Å². The lowest BCUT2D eigenvalue weighted by molar-refractivity contribution is 0.148. The van der Waals surface area contributed by atoms with E-state index in [0.717, 1.165) is 62.0 Å². The standard InChI is InChI=1S/C25H34N6O2/c1-29-10-12-31(13-11-29)24-6-5-22(26)16-21(24)17-30(2)9-3-4-14-32-18-20-15-25(33-19-20)23-7-8-27-28-23/h3-8,15-16,19H,9-14,17-18,26H2,1-2H3,(H,27,28)/b4-3+. The maximum atomic E-state index is 6.10. The number of hydrogen-bond acceptors (Lipinski definition) is 7. The number of rotatable bonds is 10. The summed E-state index contributed by atoms with van der Waals surface area (Å²) in [5.41, 5.74) is 11.4. The number of nitrogen functional groups attached to an aromatic ring is 1. The number of anilines is 2. The highest BCUT2D eigenvalue weighted by Gasteiger charge is 2.17. The first-order chi connectivity index (χ1) is 16.1. The van der Waals surface area contributed by atoms with E-state index >= 15 is 0 Å². The van der Waals surface area contributed by atoms with Crippen molar-refractivity contribution in [2.24, 2.45) is 0 Å². The molecule has 1 aliphatic rings. The van der Waals surface area contributed by atoms with Gasteiger partial charge in [-0.05, 0) is 50.0 Å². The Bertz CT molecular complexity index is 1020. The van der Waals surface area contributed by atoms with E-state index in [4.69, 9.17) is 14.9 Å². The lowest BCUT2D eigenvalue weighted by Crippen LogP contribution is -2.45. The predicted molar refractivity (Wildman–Crippen MR) is 132 cm³/mol. The first kappa shape index (κ1) is 23.1. The van der Waals surface area contributed by atoms with E-state index < -0.39 is 0 Å². The molecule has 0 bridgehead atoms. The fourth-order valence-electron chi connectivity index (χ4n) is 4.00. The number of ether oxygens (including phenoxy) is 1. The number of aromatic amines is 1. The normalized spacial score (nSPS) is 15.2. The van der Waals surface area contributed by atoms with Crippen molar-refractivity contribution in [2.45, 2.75) is 13.2 Å². The van der Waals surface area contributed by atoms with Crippen LogP contribution in [0.15, 0.2) is 59.4 Å². The van der Waals surface area contributed by atoms with E-state index in [2.05, 4.69) is 63.3 Å². The Hall–Kier alpha value is -3.07. The molecule has 176 valence electrons. The average Bonchev–Trinajstić information content (AvgIpc) is 3.49. The van der Waals surface area contributed by atoms with E-state index in [9.17, 15) is 0 Å². The molecule has 0 aliphatic carbocycles. The number of nitrogens with two attached hydrogens (primary N) is 1. The average molecular weight is 451 g/mol. The number of H-pyrrole nitrogens is 1. The minimum atomic E-state index is 0.509. The highest BCUT2D eigenvalue weighted by molar-refractivity contribution is 5.60. The second kappa shape index (κ2) is 11.2. The smallest absolute Gasteiger partial charge is 0.152 e. The Morgan fingerprint density at radius 2 is 2.03 bits per heavy atom. The molecule has 0 radical (unpaired) electrons. The second-order valence-corrected chi connectivity index (χ2v) is 8.65. The van der Waals surface area contributed by atoms with Crippen LogP contribution in [0.1, 0.15) is 11.1 Å². The zero-order chi connectivity index (χ0) is 23.0. The van der Waals surface area contributed by atoms with Gasteiger partial charge < -0.3 is 24.7 Å². The van der Waals surface area contributed by atoms with Gasteiger partial charge in [-0.15, -0.1) is 0 Å². The van der Waals surface area contributed by atoms with Crippen molar-refractivity contribution >= 4 is 11.4 Å². The third kappa shape index (κ3) is 6.47. The molecule has 8 heteroatoms. The number of nitrogens with zero attached hydrogens (tertiary/aromatic N) is 4. The Balaban J connectivity index is 1.22. The van der Waals surface area contributed by atoms with Gasteiger partial charge in [-0.25, -0.2) is 0 Å². The van der Waals surface area contributed by atoms with Crippen molar-refractivity contribution in [3.05, 3.63) is 66.1 Å². The fraction of sp³-hybridized carbons (Fsp3) is 0.400. The van der Waals surface area contributed by atoms with E-state index in [-0.39, 0.29) is 0 Å². The molecular formula is C25H34N6O2. The van der Waals surface area contributed by atoms with Crippen LogP contribution < -0.4 is 10.6 Å². The van der Waals surface area contributed by atoms with Gasteiger partial charge in [0.15, 0.2) is 5.76 Å². The molecule has 1 fully saturated rings.